The standard InChI is InChI=1S/C11H12N4.2ClH/c12-10-1-5-14(6-2-10)9-15-7-3-11(13)4-8-15;;/h1-8,12-13H,9H2;2*1H. The molecule has 0 amide bonds. The molecule has 2 heterocycles. The highest BCUT2D eigenvalue weighted by Gasteiger charge is 2.06. The van der Waals surface area contributed by atoms with Crippen molar-refractivity contribution in [1.29, 1.82) is 0 Å². The number of nitrogens with two attached hydrogens (primary N) is 2. The van der Waals surface area contributed by atoms with Crippen molar-refractivity contribution in [2.75, 3.05) is 11.5 Å². The van der Waals surface area contributed by atoms with E-state index in [2.05, 4.69) is 0 Å². The fraction of sp³-hybridized carbons (Fsp3) is 0.0909. The topological polar surface area (TPSA) is 59.8 Å². The quantitative estimate of drug-likeness (QED) is 0.535. The molecule has 92 valence electrons. The van der Waals surface area contributed by atoms with Crippen LogP contribution in [0.5, 0.6) is 0 Å². The van der Waals surface area contributed by atoms with Gasteiger partial charge in [-0.1, -0.05) is 0 Å². The van der Waals surface area contributed by atoms with Crippen LogP contribution >= 0.6 is 0 Å². The van der Waals surface area contributed by atoms with Crippen LogP contribution in [0.15, 0.2) is 49.1 Å². The van der Waals surface area contributed by atoms with E-state index in [-0.39, 0.29) is 24.8 Å². The number of aromatic nitrogens is 2. The summed E-state index contributed by atoms with van der Waals surface area (Å²) in [5.41, 5.74) is 12.8. The lowest BCUT2D eigenvalue weighted by molar-refractivity contribution is -0.913. The van der Waals surface area contributed by atoms with Crippen molar-refractivity contribution in [3.63, 3.8) is 0 Å². The first kappa shape index (κ1) is 15.5. The largest absolute Gasteiger partial charge is 1.00 e. The van der Waals surface area contributed by atoms with E-state index in [1.54, 1.807) is 0 Å². The van der Waals surface area contributed by atoms with Crippen LogP contribution in [0.2, 0.25) is 0 Å². The zero-order valence-electron chi connectivity index (χ0n) is 9.13. The summed E-state index contributed by atoms with van der Waals surface area (Å²) in [6.07, 6.45) is 7.77. The molecule has 0 aliphatic rings. The second-order valence-electron chi connectivity index (χ2n) is 3.43. The maximum Gasteiger partial charge on any atom is 0.343 e. The highest BCUT2D eigenvalue weighted by atomic mass is 35.5. The normalized spacial score (nSPS) is 8.94. The van der Waals surface area contributed by atoms with Gasteiger partial charge in [-0.3, -0.25) is 0 Å². The monoisotopic (exact) mass is 272 g/mol. The maximum absolute atomic E-state index is 5.60. The zero-order chi connectivity index (χ0) is 10.7. The fourth-order valence-electron chi connectivity index (χ4n) is 1.31. The van der Waals surface area contributed by atoms with E-state index >= 15 is 0 Å². The van der Waals surface area contributed by atoms with E-state index in [1.165, 1.54) is 0 Å². The van der Waals surface area contributed by atoms with E-state index in [9.17, 15) is 0 Å². The third-order valence-electron chi connectivity index (χ3n) is 2.16. The predicted molar refractivity (Wildman–Crippen MR) is 57.5 cm³/mol. The fourth-order valence-corrected chi connectivity index (χ4v) is 1.31. The molecule has 0 saturated heterocycles. The summed E-state index contributed by atoms with van der Waals surface area (Å²) in [7, 11) is 0. The van der Waals surface area contributed by atoms with Gasteiger partial charge >= 0.3 is 6.67 Å². The molecule has 0 spiro atoms. The number of anilines is 2. The van der Waals surface area contributed by atoms with Gasteiger partial charge < -0.3 is 36.3 Å². The van der Waals surface area contributed by atoms with Crippen LogP contribution in [0.25, 0.3) is 0 Å². The molecule has 4 nitrogen and oxygen atoms in total. The Morgan fingerprint density at radius 1 is 0.706 bits per heavy atom. The Balaban J connectivity index is 0.00000128. The molecule has 17 heavy (non-hydrogen) atoms. The number of pyridine rings is 2. The van der Waals surface area contributed by atoms with Crippen molar-refractivity contribution >= 4 is 11.4 Å². The molecule has 0 fully saturated rings. The van der Waals surface area contributed by atoms with Gasteiger partial charge in [-0.25, -0.2) is 0 Å². The van der Waals surface area contributed by atoms with Gasteiger partial charge in [-0.05, 0) is 0 Å². The van der Waals surface area contributed by atoms with Gasteiger partial charge in [0.05, 0.1) is 0 Å². The summed E-state index contributed by atoms with van der Waals surface area (Å²) in [5, 5.41) is 0. The third-order valence-corrected chi connectivity index (χ3v) is 2.16. The summed E-state index contributed by atoms with van der Waals surface area (Å²) in [5.74, 6) is 0. The SMILES string of the molecule is Nc1cc[n+](C[n+]2ccc(N)cc2)cc1.[Cl-].[Cl-]. The van der Waals surface area contributed by atoms with Crippen molar-refractivity contribution in [3.8, 4) is 0 Å². The average molecular weight is 273 g/mol. The first-order valence-electron chi connectivity index (χ1n) is 4.73. The van der Waals surface area contributed by atoms with Crippen LogP contribution in [-0.4, -0.2) is 0 Å². The molecule has 0 bridgehead atoms. The molecule has 0 saturated carbocycles. The molecule has 2 aromatic rings. The highest BCUT2D eigenvalue weighted by Crippen LogP contribution is 1.94. The van der Waals surface area contributed by atoms with Crippen molar-refractivity contribution < 1.29 is 33.9 Å². The van der Waals surface area contributed by atoms with Crippen LogP contribution in [-0.2, 0) is 6.67 Å². The molecular weight excluding hydrogens is 259 g/mol. The lowest BCUT2D eigenvalue weighted by atomic mass is 10.4. The number of hydrogen-bond donors (Lipinski definition) is 2. The second kappa shape index (κ2) is 6.93. The van der Waals surface area contributed by atoms with Crippen LogP contribution < -0.4 is 45.4 Å². The molecule has 0 atom stereocenters. The molecule has 6 heteroatoms. The summed E-state index contributed by atoms with van der Waals surface area (Å²) in [6, 6.07) is 7.49. The Hall–Kier alpha value is -1.52. The van der Waals surface area contributed by atoms with E-state index in [1.807, 2.05) is 58.2 Å². The minimum atomic E-state index is 0. The third kappa shape index (κ3) is 4.46. The van der Waals surface area contributed by atoms with Crippen LogP contribution in [0, 0.1) is 0 Å². The molecule has 2 aromatic heterocycles. The first-order chi connectivity index (χ1) is 7.24. The Morgan fingerprint density at radius 3 is 1.29 bits per heavy atom. The number of nitrogen functional groups attached to an aromatic ring is 2. The van der Waals surface area contributed by atoms with Gasteiger partial charge in [0.25, 0.3) is 0 Å². The Kier molecular flexibility index (Phi) is 6.31. The number of nitrogens with zero attached hydrogens (tertiary/aromatic N) is 2. The summed E-state index contributed by atoms with van der Waals surface area (Å²) in [6.45, 7) is 0.751. The van der Waals surface area contributed by atoms with E-state index in [0.29, 0.717) is 0 Å². The molecule has 2 rings (SSSR count). The summed E-state index contributed by atoms with van der Waals surface area (Å²) in [4.78, 5) is 0. The smallest absolute Gasteiger partial charge is 0.343 e. The number of rotatable bonds is 2. The predicted octanol–water partition coefficient (Wildman–Crippen LogP) is -6.06. The van der Waals surface area contributed by atoms with E-state index in [0.717, 1.165) is 18.0 Å². The van der Waals surface area contributed by atoms with Crippen molar-refractivity contribution in [3.05, 3.63) is 49.1 Å². The molecule has 4 N–H and O–H groups in total. The minimum Gasteiger partial charge on any atom is -1.00 e. The summed E-state index contributed by atoms with van der Waals surface area (Å²) >= 11 is 0. The van der Waals surface area contributed by atoms with Crippen LogP contribution in [0.1, 0.15) is 0 Å². The van der Waals surface area contributed by atoms with Gasteiger partial charge in [-0.15, -0.1) is 9.13 Å². The number of halogens is 2. The Labute approximate surface area is 113 Å². The van der Waals surface area contributed by atoms with Gasteiger partial charge in [0.15, 0.2) is 24.8 Å². The zero-order valence-corrected chi connectivity index (χ0v) is 10.6. The Bertz CT molecular complexity index is 399. The molecular formula is C11H14Cl2N4. The van der Waals surface area contributed by atoms with E-state index in [4.69, 9.17) is 11.5 Å². The lowest BCUT2D eigenvalue weighted by Gasteiger charge is -1.94. The lowest BCUT2D eigenvalue weighted by Crippen LogP contribution is -3.00. The van der Waals surface area contributed by atoms with Crippen LogP contribution in [0.4, 0.5) is 11.4 Å². The molecule has 0 aliphatic heterocycles. The maximum atomic E-state index is 5.60. The molecule has 0 radical (unpaired) electrons. The van der Waals surface area contributed by atoms with Gasteiger partial charge in [-0.2, -0.15) is 0 Å². The minimum absolute atomic E-state index is 0. The first-order valence-corrected chi connectivity index (χ1v) is 4.73. The molecule has 0 unspecified atom stereocenters. The van der Waals surface area contributed by atoms with Crippen LogP contribution in [0.3, 0.4) is 0 Å². The number of hydrogen-bond acceptors (Lipinski definition) is 2. The van der Waals surface area contributed by atoms with Gasteiger partial charge in [0.2, 0.25) is 0 Å². The van der Waals surface area contributed by atoms with Gasteiger partial charge in [0, 0.05) is 35.6 Å². The van der Waals surface area contributed by atoms with Crippen molar-refractivity contribution in [1.82, 2.24) is 0 Å². The Morgan fingerprint density at radius 2 is 1.00 bits per heavy atom. The van der Waals surface area contributed by atoms with E-state index < -0.39 is 0 Å². The summed E-state index contributed by atoms with van der Waals surface area (Å²) < 4.78 is 4.07. The molecule has 0 aromatic carbocycles. The van der Waals surface area contributed by atoms with Crippen molar-refractivity contribution in [2.45, 2.75) is 6.67 Å². The molecule has 0 aliphatic carbocycles. The average Bonchev–Trinajstić information content (AvgIpc) is 2.25. The van der Waals surface area contributed by atoms with Gasteiger partial charge in [0.1, 0.15) is 0 Å². The highest BCUT2D eigenvalue weighted by molar-refractivity contribution is 5.32. The van der Waals surface area contributed by atoms with Crippen molar-refractivity contribution in [2.24, 2.45) is 0 Å². The second-order valence-corrected chi connectivity index (χ2v) is 3.43.